The van der Waals surface area contributed by atoms with Crippen molar-refractivity contribution in [2.75, 3.05) is 26.2 Å². The van der Waals surface area contributed by atoms with Gasteiger partial charge in [-0.2, -0.15) is 0 Å². The van der Waals surface area contributed by atoms with Gasteiger partial charge in [-0.15, -0.1) is 0 Å². The molecule has 2 rings (SSSR count). The molecule has 0 aromatic carbocycles. The van der Waals surface area contributed by atoms with Crippen molar-refractivity contribution in [3.8, 4) is 0 Å². The van der Waals surface area contributed by atoms with Gasteiger partial charge < -0.3 is 16.4 Å². The van der Waals surface area contributed by atoms with Crippen molar-refractivity contribution in [3.05, 3.63) is 60.2 Å². The smallest absolute Gasteiger partial charge is 0.0577 e. The second-order valence-corrected chi connectivity index (χ2v) is 4.83. The van der Waals surface area contributed by atoms with E-state index >= 15 is 0 Å². The highest BCUT2D eigenvalue weighted by atomic mass is 15.0. The molecule has 2 aromatic rings. The van der Waals surface area contributed by atoms with Crippen LogP contribution in [0.15, 0.2) is 48.8 Å². The van der Waals surface area contributed by atoms with Crippen molar-refractivity contribution in [1.29, 1.82) is 0 Å². The minimum Gasteiger partial charge on any atom is -0.329 e. The molecule has 0 radical (unpaired) electrons. The third-order valence-electron chi connectivity index (χ3n) is 3.20. The number of hydrogen-bond acceptors (Lipinski definition) is 5. The van der Waals surface area contributed by atoms with Crippen LogP contribution in [-0.2, 0) is 6.42 Å². The van der Waals surface area contributed by atoms with Gasteiger partial charge in [0, 0.05) is 50.7 Å². The van der Waals surface area contributed by atoms with Crippen LogP contribution in [0.25, 0.3) is 0 Å². The van der Waals surface area contributed by atoms with Gasteiger partial charge in [0.05, 0.1) is 11.7 Å². The summed E-state index contributed by atoms with van der Waals surface area (Å²) in [6.45, 7) is 3.27. The van der Waals surface area contributed by atoms with Gasteiger partial charge in [-0.25, -0.2) is 0 Å². The van der Waals surface area contributed by atoms with Crippen LogP contribution in [0, 0.1) is 0 Å². The third kappa shape index (κ3) is 5.59. The summed E-state index contributed by atoms with van der Waals surface area (Å²) in [6, 6.07) is 12.2. The molecule has 2 heterocycles. The number of nitrogens with two attached hydrogens (primary N) is 1. The lowest BCUT2D eigenvalue weighted by atomic mass is 10.1. The summed E-state index contributed by atoms with van der Waals surface area (Å²) < 4.78 is 0. The summed E-state index contributed by atoms with van der Waals surface area (Å²) in [5.41, 5.74) is 7.57. The first-order valence-electron chi connectivity index (χ1n) is 7.35. The van der Waals surface area contributed by atoms with Gasteiger partial charge in [-0.05, 0) is 24.3 Å². The van der Waals surface area contributed by atoms with E-state index in [2.05, 4.69) is 20.6 Å². The predicted molar refractivity (Wildman–Crippen MR) is 84.8 cm³/mol. The molecule has 0 aliphatic heterocycles. The van der Waals surface area contributed by atoms with Crippen LogP contribution < -0.4 is 16.4 Å². The van der Waals surface area contributed by atoms with Crippen LogP contribution >= 0.6 is 0 Å². The lowest BCUT2D eigenvalue weighted by Gasteiger charge is -2.18. The van der Waals surface area contributed by atoms with Crippen molar-refractivity contribution in [2.45, 2.75) is 12.5 Å². The molecule has 112 valence electrons. The lowest BCUT2D eigenvalue weighted by Crippen LogP contribution is -2.33. The number of nitrogens with one attached hydrogen (secondary N) is 2. The summed E-state index contributed by atoms with van der Waals surface area (Å²) in [5.74, 6) is 0. The van der Waals surface area contributed by atoms with E-state index in [-0.39, 0.29) is 6.04 Å². The van der Waals surface area contributed by atoms with E-state index in [4.69, 9.17) is 5.73 Å². The number of hydrogen-bond donors (Lipinski definition) is 3. The molecular formula is C16H23N5. The number of aromatic nitrogens is 2. The van der Waals surface area contributed by atoms with Crippen molar-refractivity contribution < 1.29 is 0 Å². The first-order valence-corrected chi connectivity index (χ1v) is 7.35. The van der Waals surface area contributed by atoms with Gasteiger partial charge in [-0.3, -0.25) is 9.97 Å². The van der Waals surface area contributed by atoms with Gasteiger partial charge in [0.15, 0.2) is 0 Å². The molecule has 0 aliphatic carbocycles. The Morgan fingerprint density at radius 3 is 2.43 bits per heavy atom. The molecular weight excluding hydrogens is 262 g/mol. The van der Waals surface area contributed by atoms with Gasteiger partial charge in [0.2, 0.25) is 0 Å². The van der Waals surface area contributed by atoms with Gasteiger partial charge in [0.1, 0.15) is 0 Å². The Hall–Kier alpha value is -1.82. The van der Waals surface area contributed by atoms with Crippen LogP contribution in [0.2, 0.25) is 0 Å². The summed E-state index contributed by atoms with van der Waals surface area (Å²) in [4.78, 5) is 8.86. The Morgan fingerprint density at radius 1 is 0.952 bits per heavy atom. The second-order valence-electron chi connectivity index (χ2n) is 4.83. The zero-order valence-electron chi connectivity index (χ0n) is 12.2. The number of rotatable bonds is 9. The lowest BCUT2D eigenvalue weighted by molar-refractivity contribution is 0.502. The Morgan fingerprint density at radius 2 is 1.76 bits per heavy atom. The maximum Gasteiger partial charge on any atom is 0.0577 e. The van der Waals surface area contributed by atoms with E-state index in [9.17, 15) is 0 Å². The third-order valence-corrected chi connectivity index (χ3v) is 3.20. The topological polar surface area (TPSA) is 75.9 Å². The van der Waals surface area contributed by atoms with Crippen LogP contribution in [-0.4, -0.2) is 36.1 Å². The first-order chi connectivity index (χ1) is 10.4. The quantitative estimate of drug-likeness (QED) is 0.597. The zero-order chi connectivity index (χ0) is 14.8. The van der Waals surface area contributed by atoms with E-state index in [0.717, 1.165) is 37.4 Å². The first kappa shape index (κ1) is 15.6. The average Bonchev–Trinajstić information content (AvgIpc) is 2.55. The molecule has 0 spiro atoms. The van der Waals surface area contributed by atoms with Crippen LogP contribution in [0.3, 0.4) is 0 Å². The summed E-state index contributed by atoms with van der Waals surface area (Å²) in [5, 5.41) is 6.82. The largest absolute Gasteiger partial charge is 0.329 e. The van der Waals surface area contributed by atoms with Crippen molar-refractivity contribution >= 4 is 0 Å². The molecule has 2 aromatic heterocycles. The molecule has 0 bridgehead atoms. The Balaban J connectivity index is 1.94. The average molecular weight is 285 g/mol. The fourth-order valence-corrected chi connectivity index (χ4v) is 2.15. The highest BCUT2D eigenvalue weighted by Gasteiger charge is 2.13. The van der Waals surface area contributed by atoms with Crippen LogP contribution in [0.4, 0.5) is 0 Å². The molecule has 0 aliphatic rings. The molecule has 0 fully saturated rings. The maximum absolute atomic E-state index is 5.46. The minimum atomic E-state index is 0.167. The molecule has 5 nitrogen and oxygen atoms in total. The Bertz CT molecular complexity index is 489. The predicted octanol–water partition coefficient (Wildman–Crippen LogP) is 0.898. The number of pyridine rings is 2. The number of nitrogens with zero attached hydrogens (tertiary/aromatic N) is 2. The second kappa shape index (κ2) is 9.18. The summed E-state index contributed by atoms with van der Waals surface area (Å²) in [7, 11) is 0. The molecule has 0 saturated carbocycles. The zero-order valence-corrected chi connectivity index (χ0v) is 12.2. The SMILES string of the molecule is NCCNCCNC(Cc1ccccn1)c1ccccn1. The van der Waals surface area contributed by atoms with Crippen molar-refractivity contribution in [1.82, 2.24) is 20.6 Å². The van der Waals surface area contributed by atoms with E-state index < -0.39 is 0 Å². The van der Waals surface area contributed by atoms with Gasteiger partial charge in [-0.1, -0.05) is 12.1 Å². The maximum atomic E-state index is 5.46. The van der Waals surface area contributed by atoms with Gasteiger partial charge >= 0.3 is 0 Å². The van der Waals surface area contributed by atoms with E-state index in [1.54, 1.807) is 0 Å². The fourth-order valence-electron chi connectivity index (χ4n) is 2.15. The molecule has 0 amide bonds. The molecule has 5 heteroatoms. The normalized spacial score (nSPS) is 12.2. The minimum absolute atomic E-state index is 0.167. The standard InChI is InChI=1S/C16H23N5/c17-7-10-18-11-12-21-16(15-6-2-4-9-20-15)13-14-5-1-3-8-19-14/h1-6,8-9,16,18,21H,7,10-13,17H2. The molecule has 1 atom stereocenters. The molecule has 4 N–H and O–H groups in total. The monoisotopic (exact) mass is 285 g/mol. The highest BCUT2D eigenvalue weighted by molar-refractivity contribution is 5.13. The van der Waals surface area contributed by atoms with E-state index in [1.807, 2.05) is 48.8 Å². The van der Waals surface area contributed by atoms with Gasteiger partial charge in [0.25, 0.3) is 0 Å². The van der Waals surface area contributed by atoms with Crippen molar-refractivity contribution in [3.63, 3.8) is 0 Å². The summed E-state index contributed by atoms with van der Waals surface area (Å²) in [6.07, 6.45) is 4.48. The summed E-state index contributed by atoms with van der Waals surface area (Å²) >= 11 is 0. The van der Waals surface area contributed by atoms with Crippen LogP contribution in [0.5, 0.6) is 0 Å². The van der Waals surface area contributed by atoms with E-state index in [0.29, 0.717) is 6.54 Å². The Kier molecular flexibility index (Phi) is 6.80. The molecule has 0 saturated heterocycles. The highest BCUT2D eigenvalue weighted by Crippen LogP contribution is 2.14. The van der Waals surface area contributed by atoms with Crippen molar-refractivity contribution in [2.24, 2.45) is 5.73 Å². The fraction of sp³-hybridized carbons (Fsp3) is 0.375. The molecule has 21 heavy (non-hydrogen) atoms. The van der Waals surface area contributed by atoms with E-state index in [1.165, 1.54) is 0 Å². The Labute approximate surface area is 126 Å². The molecule has 1 unspecified atom stereocenters. The van der Waals surface area contributed by atoms with Crippen LogP contribution in [0.1, 0.15) is 17.4 Å².